The number of likely N-dealkylation sites (N-methyl/N-ethyl adjacent to an activating group) is 4. The van der Waals surface area contributed by atoms with Crippen molar-refractivity contribution in [3.63, 3.8) is 0 Å². The molecule has 0 amide bonds. The molecule has 0 saturated carbocycles. The lowest BCUT2D eigenvalue weighted by Crippen LogP contribution is -2.41. The van der Waals surface area contributed by atoms with Crippen molar-refractivity contribution in [2.75, 3.05) is 135 Å². The number of nitrogens with zero attached hydrogens (tertiary/aromatic N) is 4. The summed E-state index contributed by atoms with van der Waals surface area (Å²) in [6.07, 6.45) is 75.2. The second kappa shape index (κ2) is 67.9. The highest BCUT2D eigenvalue weighted by atomic mass is 16.5. The standard InChI is InChI=1S/C112H200N4O8/c1-13-17-21-25-29-33-37-41-45-49-53-57-61-65-77-121-109-101-81-97(93-113(5,6)69-73-117)82-102(109)90-104-84-99(95-115(9,10)71-75-119)86-106(111(104)123-79-67-63-59-55-51-47-43-39-35-31-27-23-19-15-3)92-108-88-100(96-116(11,12)72-76-120)87-107(112(108)124-80-68-64-60-56-52-48-44-40-36-32-28-24-20-16-4)91-105-85-98(94-114(7,8)70-74-118)83-103(89-101)110(105)122-78-66-62-58-54-50-46-42-38-34-30-26-22-18-14-2/h81-88,117-120H,13-80,89-96H2,1-12H3/q+4. The Morgan fingerprint density at radius 3 is 0.435 bits per heavy atom. The summed E-state index contributed by atoms with van der Waals surface area (Å²) in [6.45, 7) is 17.6. The summed E-state index contributed by atoms with van der Waals surface area (Å²) in [5, 5.41) is 42.9. The van der Waals surface area contributed by atoms with E-state index in [1.807, 2.05) is 0 Å². The van der Waals surface area contributed by atoms with Crippen LogP contribution >= 0.6 is 0 Å². The van der Waals surface area contributed by atoms with Crippen molar-refractivity contribution >= 4 is 0 Å². The molecule has 0 radical (unpaired) electrons. The summed E-state index contributed by atoms with van der Waals surface area (Å²) in [6, 6.07) is 19.7. The molecular formula is C112H200N4O8+4. The van der Waals surface area contributed by atoms with Crippen LogP contribution < -0.4 is 18.9 Å². The molecule has 0 heterocycles. The Balaban J connectivity index is 1.76. The Morgan fingerprint density at radius 1 is 0.194 bits per heavy atom. The van der Waals surface area contributed by atoms with Crippen LogP contribution in [0.25, 0.3) is 0 Å². The van der Waals surface area contributed by atoms with Gasteiger partial charge in [-0.2, -0.15) is 0 Å². The molecule has 0 aliphatic heterocycles. The summed E-state index contributed by atoms with van der Waals surface area (Å²) in [5.74, 6) is 3.88. The molecule has 0 saturated heterocycles. The van der Waals surface area contributed by atoms with E-state index in [1.165, 1.54) is 330 Å². The lowest BCUT2D eigenvalue weighted by Gasteiger charge is -2.31. The van der Waals surface area contributed by atoms with Crippen molar-refractivity contribution in [3.05, 3.63) is 115 Å². The molecule has 4 aromatic rings. The van der Waals surface area contributed by atoms with E-state index < -0.39 is 0 Å². The van der Waals surface area contributed by atoms with E-state index in [9.17, 15) is 20.4 Å². The number of aliphatic hydroxyl groups excluding tert-OH is 4. The maximum atomic E-state index is 10.7. The van der Waals surface area contributed by atoms with Crippen LogP contribution in [0.2, 0.25) is 0 Å². The SMILES string of the molecule is CCCCCCCCCCCCCCCCOc1c2cc(C[N+](C)(C)CCO)cc1Cc1cc(C[N+](C)(C)CCO)cc(c1OCCCCCCCCCCCCCCCC)Cc1cc(C[N+](C)(C)CCO)cc(c1OCCCCCCCCCCCCCCCC)Cc1cc(C[N+](C)(C)CCO)cc(c1OCCCCCCCCCCCCCCCC)C2. The number of unbranched alkanes of at least 4 members (excludes halogenated alkanes) is 52. The van der Waals surface area contributed by atoms with Crippen LogP contribution in [0.4, 0.5) is 0 Å². The van der Waals surface area contributed by atoms with Gasteiger partial charge in [0.1, 0.15) is 75.4 Å². The molecule has 5 rings (SSSR count). The van der Waals surface area contributed by atoms with E-state index in [2.05, 4.69) is 133 Å². The lowest BCUT2D eigenvalue weighted by molar-refractivity contribution is -0.903. The fourth-order valence-corrected chi connectivity index (χ4v) is 19.5. The molecule has 1 aliphatic carbocycles. The van der Waals surface area contributed by atoms with Crippen molar-refractivity contribution in [1.29, 1.82) is 0 Å². The van der Waals surface area contributed by atoms with Crippen molar-refractivity contribution < 1.29 is 57.3 Å². The van der Waals surface area contributed by atoms with Gasteiger partial charge in [0, 0.05) is 47.9 Å². The number of rotatable bonds is 80. The second-order valence-electron chi connectivity index (χ2n) is 41.6. The normalized spacial score (nSPS) is 12.8. The molecule has 0 unspecified atom stereocenters. The second-order valence-corrected chi connectivity index (χ2v) is 41.6. The molecule has 4 aromatic carbocycles. The van der Waals surface area contributed by atoms with Crippen molar-refractivity contribution in [2.24, 2.45) is 0 Å². The van der Waals surface area contributed by atoms with E-state index >= 15 is 0 Å². The number of hydrogen-bond donors (Lipinski definition) is 4. The van der Waals surface area contributed by atoms with Crippen LogP contribution in [0, 0.1) is 0 Å². The topological polar surface area (TPSA) is 118 Å². The number of aliphatic hydroxyl groups is 4. The van der Waals surface area contributed by atoms with Gasteiger partial charge in [0.05, 0.1) is 109 Å². The first-order chi connectivity index (χ1) is 60.2. The molecule has 124 heavy (non-hydrogen) atoms. The first kappa shape index (κ1) is 110. The predicted octanol–water partition coefficient (Wildman–Crippen LogP) is 28.1. The average molecular weight is 1730 g/mol. The number of hydrogen-bond acceptors (Lipinski definition) is 8. The minimum absolute atomic E-state index is 0.101. The van der Waals surface area contributed by atoms with Crippen LogP contribution in [0.3, 0.4) is 0 Å². The third-order valence-electron chi connectivity index (χ3n) is 27.0. The molecule has 1 aliphatic rings. The Bertz CT molecular complexity index is 2780. The largest absolute Gasteiger partial charge is 0.493 e. The van der Waals surface area contributed by atoms with Crippen molar-refractivity contribution in [3.8, 4) is 23.0 Å². The first-order valence-electron chi connectivity index (χ1n) is 53.0. The van der Waals surface area contributed by atoms with E-state index in [0.717, 1.165) is 145 Å². The average Bonchev–Trinajstić information content (AvgIpc) is 0.767. The van der Waals surface area contributed by atoms with Gasteiger partial charge in [-0.15, -0.1) is 0 Å². The molecule has 4 N–H and O–H groups in total. The predicted molar refractivity (Wildman–Crippen MR) is 531 cm³/mol. The van der Waals surface area contributed by atoms with Gasteiger partial charge in [0.2, 0.25) is 0 Å². The highest BCUT2D eigenvalue weighted by Gasteiger charge is 2.30. The quantitative estimate of drug-likeness (QED) is 0.0225. The van der Waals surface area contributed by atoms with E-state index in [1.54, 1.807) is 0 Å². The van der Waals surface area contributed by atoms with Crippen LogP contribution in [0.15, 0.2) is 48.5 Å². The molecular weight excluding hydrogens is 1530 g/mol. The highest BCUT2D eigenvalue weighted by molar-refractivity contribution is 5.59. The molecule has 0 fully saturated rings. The smallest absolute Gasteiger partial charge is 0.126 e. The Kier molecular flexibility index (Phi) is 60.4. The molecule has 0 aromatic heterocycles. The summed E-state index contributed by atoms with van der Waals surface area (Å²) in [7, 11) is 18.1. The minimum Gasteiger partial charge on any atom is -0.493 e. The zero-order valence-corrected chi connectivity index (χ0v) is 83.6. The molecule has 712 valence electrons. The van der Waals surface area contributed by atoms with Gasteiger partial charge in [0.15, 0.2) is 0 Å². The monoisotopic (exact) mass is 1730 g/mol. The summed E-state index contributed by atoms with van der Waals surface area (Å²) in [4.78, 5) is 0. The van der Waals surface area contributed by atoms with Gasteiger partial charge in [-0.25, -0.2) is 0 Å². The summed E-state index contributed by atoms with van der Waals surface area (Å²) >= 11 is 0. The number of benzene rings is 4. The first-order valence-corrected chi connectivity index (χ1v) is 53.0. The fraction of sp³-hybridized carbons (Fsp3) is 0.786. The van der Waals surface area contributed by atoms with E-state index in [0.29, 0.717) is 96.2 Å². The third kappa shape index (κ3) is 49.7. The van der Waals surface area contributed by atoms with Gasteiger partial charge >= 0.3 is 0 Å². The zero-order valence-electron chi connectivity index (χ0n) is 83.6. The number of quaternary nitrogens is 4. The van der Waals surface area contributed by atoms with Crippen LogP contribution in [0.1, 0.15) is 454 Å². The number of fused-ring (bicyclic) bond motifs is 8. The third-order valence-corrected chi connectivity index (χ3v) is 27.0. The van der Waals surface area contributed by atoms with Gasteiger partial charge in [-0.1, -0.05) is 362 Å². The molecule has 12 nitrogen and oxygen atoms in total. The number of ether oxygens (including phenoxy) is 4. The fourth-order valence-electron chi connectivity index (χ4n) is 19.5. The van der Waals surface area contributed by atoms with Crippen LogP contribution in [0.5, 0.6) is 23.0 Å². The Hall–Kier alpha value is -4.24. The highest BCUT2D eigenvalue weighted by Crippen LogP contribution is 2.43. The molecule has 0 atom stereocenters. The Labute approximate surface area is 765 Å². The lowest BCUT2D eigenvalue weighted by atomic mass is 9.88. The van der Waals surface area contributed by atoms with Gasteiger partial charge < -0.3 is 57.3 Å². The van der Waals surface area contributed by atoms with Gasteiger partial charge in [0.25, 0.3) is 0 Å². The maximum absolute atomic E-state index is 10.7. The van der Waals surface area contributed by atoms with E-state index in [-0.39, 0.29) is 26.4 Å². The van der Waals surface area contributed by atoms with Gasteiger partial charge in [-0.3, -0.25) is 0 Å². The maximum Gasteiger partial charge on any atom is 0.126 e. The summed E-state index contributed by atoms with van der Waals surface area (Å²) < 4.78 is 33.1. The van der Waals surface area contributed by atoms with Gasteiger partial charge in [-0.05, 0) is 119 Å². The van der Waals surface area contributed by atoms with Crippen molar-refractivity contribution in [2.45, 2.75) is 439 Å². The van der Waals surface area contributed by atoms with Crippen molar-refractivity contribution in [1.82, 2.24) is 0 Å². The molecule has 8 bridgehead atoms. The minimum atomic E-state index is 0.101. The molecule has 12 heteroatoms. The van der Waals surface area contributed by atoms with Crippen LogP contribution in [-0.2, 0) is 51.9 Å². The van der Waals surface area contributed by atoms with Crippen LogP contribution in [-0.4, -0.2) is 174 Å². The summed E-state index contributed by atoms with van der Waals surface area (Å²) in [5.41, 5.74) is 14.2. The molecule has 0 spiro atoms. The zero-order chi connectivity index (χ0) is 89.5. The van der Waals surface area contributed by atoms with E-state index in [4.69, 9.17) is 18.9 Å². The Morgan fingerprint density at radius 2 is 0.315 bits per heavy atom.